The second-order valence-electron chi connectivity index (χ2n) is 4.43. The number of nitrogens with zero attached hydrogens (tertiary/aromatic N) is 1. The van der Waals surface area contributed by atoms with Crippen molar-refractivity contribution in [1.29, 1.82) is 0 Å². The van der Waals surface area contributed by atoms with Crippen LogP contribution in [-0.4, -0.2) is 24.8 Å². The zero-order chi connectivity index (χ0) is 15.8. The largest absolute Gasteiger partial charge is 0.516 e. The number of hydrogen-bond donors (Lipinski definition) is 0. The average molecular weight is 380 g/mol. The Morgan fingerprint density at radius 3 is 2.15 bits per heavy atom. The Balaban J connectivity index is 5.06. The average Bonchev–Trinajstić information content (AvgIpc) is 2.35. The minimum atomic E-state index is -5.32. The van der Waals surface area contributed by atoms with E-state index in [1.165, 1.54) is 4.99 Å². The van der Waals surface area contributed by atoms with Gasteiger partial charge in [-0.15, -0.1) is 0 Å². The van der Waals surface area contributed by atoms with Crippen LogP contribution in [0.5, 0.6) is 0 Å². The maximum atomic E-state index is 12.7. The maximum absolute atomic E-state index is 12.7. The van der Waals surface area contributed by atoms with E-state index in [0.29, 0.717) is 23.6 Å². The lowest BCUT2D eigenvalue weighted by Gasteiger charge is -2.27. The van der Waals surface area contributed by atoms with Crippen molar-refractivity contribution >= 4 is 26.0 Å². The monoisotopic (exact) mass is 379 g/mol. The first-order valence-electron chi connectivity index (χ1n) is 6.60. The smallest absolute Gasteiger partial charge is 0.266 e. The number of alkyl halides is 3. The molecule has 8 heteroatoms. The third-order valence-corrected chi connectivity index (χ3v) is 4.85. The minimum absolute atomic E-state index is 0.153. The van der Waals surface area contributed by atoms with Crippen LogP contribution in [0, 0.1) is 0 Å². The Morgan fingerprint density at radius 2 is 1.75 bits per heavy atom. The SMILES string of the molecule is CCCCCC/C(=C/Br)N(CCC)S(=O)(=O)C(F)(F)F. The predicted molar refractivity (Wildman–Crippen MR) is 77.7 cm³/mol. The summed E-state index contributed by atoms with van der Waals surface area (Å²) in [7, 11) is -5.32. The highest BCUT2D eigenvalue weighted by atomic mass is 79.9. The number of halogens is 4. The molecule has 0 aliphatic rings. The van der Waals surface area contributed by atoms with Gasteiger partial charge < -0.3 is 0 Å². The van der Waals surface area contributed by atoms with Crippen LogP contribution in [0.4, 0.5) is 13.2 Å². The van der Waals surface area contributed by atoms with E-state index in [-0.39, 0.29) is 12.2 Å². The summed E-state index contributed by atoms with van der Waals surface area (Å²) in [5.41, 5.74) is -5.12. The van der Waals surface area contributed by atoms with Crippen molar-refractivity contribution in [2.45, 2.75) is 57.9 Å². The molecule has 0 aliphatic carbocycles. The van der Waals surface area contributed by atoms with Gasteiger partial charge in [0.2, 0.25) is 0 Å². The fraction of sp³-hybridized carbons (Fsp3) is 0.833. The summed E-state index contributed by atoms with van der Waals surface area (Å²) in [6, 6.07) is 0. The highest BCUT2D eigenvalue weighted by molar-refractivity contribution is 9.11. The van der Waals surface area contributed by atoms with Crippen LogP contribution in [0.3, 0.4) is 0 Å². The van der Waals surface area contributed by atoms with Crippen molar-refractivity contribution in [2.75, 3.05) is 6.54 Å². The van der Waals surface area contributed by atoms with Crippen LogP contribution in [0.1, 0.15) is 52.4 Å². The number of allylic oxidation sites excluding steroid dienone is 1. The van der Waals surface area contributed by atoms with Crippen LogP contribution in [-0.2, 0) is 10.0 Å². The second kappa shape index (κ2) is 8.92. The molecule has 20 heavy (non-hydrogen) atoms. The quantitative estimate of drug-likeness (QED) is 0.541. The summed E-state index contributed by atoms with van der Waals surface area (Å²) in [5.74, 6) is 0. The minimum Gasteiger partial charge on any atom is -0.266 e. The molecule has 0 aromatic rings. The Morgan fingerprint density at radius 1 is 1.15 bits per heavy atom. The van der Waals surface area contributed by atoms with E-state index < -0.39 is 15.5 Å². The number of unbranched alkanes of at least 4 members (excludes halogenated alkanes) is 3. The molecular weight excluding hydrogens is 359 g/mol. The van der Waals surface area contributed by atoms with Crippen molar-refractivity contribution in [3.63, 3.8) is 0 Å². The summed E-state index contributed by atoms with van der Waals surface area (Å²) in [6.45, 7) is 3.49. The highest BCUT2D eigenvalue weighted by Crippen LogP contribution is 2.31. The van der Waals surface area contributed by atoms with E-state index in [4.69, 9.17) is 0 Å². The molecular formula is C12H21BrF3NO2S. The molecule has 0 aromatic heterocycles. The number of rotatable bonds is 9. The van der Waals surface area contributed by atoms with Crippen molar-refractivity contribution in [3.8, 4) is 0 Å². The Labute approximate surface area is 127 Å². The third-order valence-electron chi connectivity index (χ3n) is 2.74. The molecule has 120 valence electrons. The van der Waals surface area contributed by atoms with Gasteiger partial charge in [-0.2, -0.15) is 21.6 Å². The molecule has 0 aliphatic heterocycles. The van der Waals surface area contributed by atoms with Gasteiger partial charge in [0.15, 0.2) is 0 Å². The summed E-state index contributed by atoms with van der Waals surface area (Å²) in [5, 5.41) is 0. The summed E-state index contributed by atoms with van der Waals surface area (Å²) in [6.07, 6.45) is 4.14. The lowest BCUT2D eigenvalue weighted by atomic mass is 10.1. The molecule has 0 atom stereocenters. The van der Waals surface area contributed by atoms with Crippen molar-refractivity contribution in [3.05, 3.63) is 10.7 Å². The third kappa shape index (κ3) is 5.63. The van der Waals surface area contributed by atoms with Gasteiger partial charge in [0.25, 0.3) is 0 Å². The summed E-state index contributed by atoms with van der Waals surface area (Å²) < 4.78 is 61.6. The van der Waals surface area contributed by atoms with Gasteiger partial charge in [-0.1, -0.05) is 49.0 Å². The first-order chi connectivity index (χ1) is 9.22. The zero-order valence-electron chi connectivity index (χ0n) is 11.7. The summed E-state index contributed by atoms with van der Waals surface area (Å²) >= 11 is 2.98. The first kappa shape index (κ1) is 19.8. The molecule has 0 unspecified atom stereocenters. The lowest BCUT2D eigenvalue weighted by Crippen LogP contribution is -2.40. The number of sulfonamides is 1. The fourth-order valence-corrected chi connectivity index (χ4v) is 3.45. The van der Waals surface area contributed by atoms with Crippen molar-refractivity contribution < 1.29 is 21.6 Å². The van der Waals surface area contributed by atoms with E-state index in [2.05, 4.69) is 15.9 Å². The first-order valence-corrected chi connectivity index (χ1v) is 8.96. The van der Waals surface area contributed by atoms with Crippen LogP contribution in [0.2, 0.25) is 0 Å². The normalized spacial score (nSPS) is 13.6. The molecule has 0 saturated carbocycles. The van der Waals surface area contributed by atoms with E-state index in [1.54, 1.807) is 6.92 Å². The molecule has 0 radical (unpaired) electrons. The van der Waals surface area contributed by atoms with Crippen LogP contribution in [0.15, 0.2) is 10.7 Å². The van der Waals surface area contributed by atoms with Gasteiger partial charge in [0.05, 0.1) is 0 Å². The fourth-order valence-electron chi connectivity index (χ4n) is 1.71. The van der Waals surface area contributed by atoms with E-state index in [1.807, 2.05) is 6.92 Å². The van der Waals surface area contributed by atoms with Gasteiger partial charge in [-0.25, -0.2) is 0 Å². The highest BCUT2D eigenvalue weighted by Gasteiger charge is 2.50. The zero-order valence-corrected chi connectivity index (χ0v) is 14.1. The Bertz CT molecular complexity index is 407. The summed E-state index contributed by atoms with van der Waals surface area (Å²) in [4.78, 5) is 1.28. The Kier molecular flexibility index (Phi) is 8.81. The molecule has 0 saturated heterocycles. The predicted octanol–water partition coefficient (Wildman–Crippen LogP) is 4.75. The molecule has 0 fully saturated rings. The van der Waals surface area contributed by atoms with Gasteiger partial charge in [0, 0.05) is 17.2 Å². The topological polar surface area (TPSA) is 37.4 Å². The molecule has 0 rings (SSSR count). The molecule has 0 bridgehead atoms. The van der Waals surface area contributed by atoms with Crippen molar-refractivity contribution in [2.24, 2.45) is 0 Å². The Hall–Kier alpha value is -0.240. The lowest BCUT2D eigenvalue weighted by molar-refractivity contribution is -0.0481. The van der Waals surface area contributed by atoms with Crippen LogP contribution in [0.25, 0.3) is 0 Å². The molecule has 0 N–H and O–H groups in total. The molecule has 0 amide bonds. The standard InChI is InChI=1S/C12H21BrF3NO2S/c1-3-5-6-7-8-11(10-13)17(9-4-2)20(18,19)12(14,15)16/h10H,3-9H2,1-2H3/b11-10-. The molecule has 3 nitrogen and oxygen atoms in total. The maximum Gasteiger partial charge on any atom is 0.516 e. The molecule has 0 aromatic carbocycles. The van der Waals surface area contributed by atoms with Crippen LogP contribution >= 0.6 is 15.9 Å². The van der Waals surface area contributed by atoms with E-state index in [9.17, 15) is 21.6 Å². The van der Waals surface area contributed by atoms with Crippen molar-refractivity contribution in [1.82, 2.24) is 4.31 Å². The molecule has 0 heterocycles. The number of hydrogen-bond acceptors (Lipinski definition) is 2. The molecule has 0 spiro atoms. The second-order valence-corrected chi connectivity index (χ2v) is 6.75. The van der Waals surface area contributed by atoms with Gasteiger partial charge >= 0.3 is 15.5 Å². The van der Waals surface area contributed by atoms with Gasteiger partial charge in [-0.05, 0) is 19.3 Å². The van der Waals surface area contributed by atoms with Gasteiger partial charge in [-0.3, -0.25) is 4.31 Å². The van der Waals surface area contributed by atoms with E-state index in [0.717, 1.165) is 19.3 Å². The van der Waals surface area contributed by atoms with Crippen LogP contribution < -0.4 is 0 Å². The van der Waals surface area contributed by atoms with E-state index >= 15 is 0 Å². The van der Waals surface area contributed by atoms with Gasteiger partial charge in [0.1, 0.15) is 0 Å².